The first-order valence-corrected chi connectivity index (χ1v) is 10.8. The molecule has 1 saturated carbocycles. The average Bonchev–Trinajstić information content (AvgIpc) is 3.43. The SMILES string of the molecule is CCCN(CC1CC1)c1c(C)nc(-c2c(C)cc(C)cc2OC(C)C)nc1OC. The highest BCUT2D eigenvalue weighted by Gasteiger charge is 2.28. The first-order chi connectivity index (χ1) is 13.8. The van der Waals surface area contributed by atoms with Crippen LogP contribution in [0.1, 0.15) is 56.9 Å². The van der Waals surface area contributed by atoms with Gasteiger partial charge in [0.2, 0.25) is 5.88 Å². The van der Waals surface area contributed by atoms with Crippen molar-refractivity contribution in [2.45, 2.75) is 66.9 Å². The fraction of sp³-hybridized carbons (Fsp3) is 0.583. The summed E-state index contributed by atoms with van der Waals surface area (Å²) in [6.07, 6.45) is 3.80. The molecule has 5 nitrogen and oxygen atoms in total. The molecule has 0 radical (unpaired) electrons. The Balaban J connectivity index is 2.09. The van der Waals surface area contributed by atoms with E-state index in [9.17, 15) is 0 Å². The molecule has 1 heterocycles. The zero-order chi connectivity index (χ0) is 21.1. The third kappa shape index (κ3) is 5.01. The van der Waals surface area contributed by atoms with Gasteiger partial charge in [-0.05, 0) is 77.0 Å². The number of nitrogens with zero attached hydrogens (tertiary/aromatic N) is 3. The van der Waals surface area contributed by atoms with Gasteiger partial charge in [0.25, 0.3) is 0 Å². The van der Waals surface area contributed by atoms with Crippen molar-refractivity contribution in [3.8, 4) is 23.0 Å². The van der Waals surface area contributed by atoms with E-state index in [4.69, 9.17) is 19.4 Å². The van der Waals surface area contributed by atoms with Crippen molar-refractivity contribution in [1.29, 1.82) is 0 Å². The van der Waals surface area contributed by atoms with Gasteiger partial charge in [-0.25, -0.2) is 4.98 Å². The summed E-state index contributed by atoms with van der Waals surface area (Å²) in [7, 11) is 1.70. The zero-order valence-electron chi connectivity index (χ0n) is 19.0. The fourth-order valence-electron chi connectivity index (χ4n) is 3.90. The van der Waals surface area contributed by atoms with Gasteiger partial charge in [-0.3, -0.25) is 0 Å². The van der Waals surface area contributed by atoms with Crippen LogP contribution in [0.4, 0.5) is 5.69 Å². The van der Waals surface area contributed by atoms with Crippen LogP contribution in [0.2, 0.25) is 0 Å². The van der Waals surface area contributed by atoms with Crippen LogP contribution in [0, 0.1) is 26.7 Å². The summed E-state index contributed by atoms with van der Waals surface area (Å²) < 4.78 is 11.9. The third-order valence-corrected chi connectivity index (χ3v) is 5.23. The summed E-state index contributed by atoms with van der Waals surface area (Å²) in [4.78, 5) is 12.2. The molecule has 0 saturated heterocycles. The van der Waals surface area contributed by atoms with Crippen molar-refractivity contribution < 1.29 is 9.47 Å². The van der Waals surface area contributed by atoms with E-state index in [1.807, 2.05) is 13.8 Å². The first-order valence-electron chi connectivity index (χ1n) is 10.8. The van der Waals surface area contributed by atoms with E-state index in [1.165, 1.54) is 18.4 Å². The van der Waals surface area contributed by atoms with E-state index in [1.54, 1.807) is 7.11 Å². The maximum Gasteiger partial charge on any atom is 0.241 e. The van der Waals surface area contributed by atoms with E-state index in [0.29, 0.717) is 11.7 Å². The second-order valence-corrected chi connectivity index (χ2v) is 8.50. The molecule has 1 aromatic carbocycles. The normalized spacial score (nSPS) is 13.7. The van der Waals surface area contributed by atoms with Crippen LogP contribution in [0.5, 0.6) is 11.6 Å². The minimum Gasteiger partial charge on any atom is -0.490 e. The summed E-state index contributed by atoms with van der Waals surface area (Å²) in [6, 6.07) is 4.22. The molecule has 0 bridgehead atoms. The number of aryl methyl sites for hydroxylation is 3. The van der Waals surface area contributed by atoms with Gasteiger partial charge in [0.1, 0.15) is 11.4 Å². The maximum absolute atomic E-state index is 6.12. The van der Waals surface area contributed by atoms with Gasteiger partial charge in [-0.15, -0.1) is 0 Å². The van der Waals surface area contributed by atoms with Crippen LogP contribution in [-0.2, 0) is 0 Å². The zero-order valence-corrected chi connectivity index (χ0v) is 19.0. The van der Waals surface area contributed by atoms with E-state index in [-0.39, 0.29) is 6.10 Å². The lowest BCUT2D eigenvalue weighted by molar-refractivity contribution is 0.243. The predicted molar refractivity (Wildman–Crippen MR) is 119 cm³/mol. The highest BCUT2D eigenvalue weighted by molar-refractivity contribution is 5.72. The molecule has 0 N–H and O–H groups in total. The van der Waals surface area contributed by atoms with Gasteiger partial charge in [-0.2, -0.15) is 4.98 Å². The van der Waals surface area contributed by atoms with Gasteiger partial charge in [0, 0.05) is 13.1 Å². The monoisotopic (exact) mass is 397 g/mol. The molecule has 0 atom stereocenters. The van der Waals surface area contributed by atoms with Crippen LogP contribution in [-0.4, -0.2) is 36.3 Å². The molecule has 2 aromatic rings. The Bertz CT molecular complexity index is 860. The van der Waals surface area contributed by atoms with Crippen LogP contribution < -0.4 is 14.4 Å². The minimum atomic E-state index is 0.0794. The van der Waals surface area contributed by atoms with Crippen molar-refractivity contribution in [2.75, 3.05) is 25.1 Å². The lowest BCUT2D eigenvalue weighted by Crippen LogP contribution is -2.28. The van der Waals surface area contributed by atoms with Crippen LogP contribution in [0.3, 0.4) is 0 Å². The van der Waals surface area contributed by atoms with Crippen molar-refractivity contribution in [3.05, 3.63) is 29.0 Å². The summed E-state index contributed by atoms with van der Waals surface area (Å²) in [6.45, 7) is 14.6. The molecular weight excluding hydrogens is 362 g/mol. The van der Waals surface area contributed by atoms with E-state index in [0.717, 1.165) is 53.7 Å². The van der Waals surface area contributed by atoms with Gasteiger partial charge >= 0.3 is 0 Å². The minimum absolute atomic E-state index is 0.0794. The molecule has 0 unspecified atom stereocenters. The predicted octanol–water partition coefficient (Wildman–Crippen LogP) is 5.49. The lowest BCUT2D eigenvalue weighted by atomic mass is 10.0. The van der Waals surface area contributed by atoms with Gasteiger partial charge in [-0.1, -0.05) is 13.0 Å². The number of aromatic nitrogens is 2. The Labute approximate surface area is 175 Å². The van der Waals surface area contributed by atoms with Gasteiger partial charge in [0.15, 0.2) is 5.82 Å². The Morgan fingerprint density at radius 1 is 1.14 bits per heavy atom. The van der Waals surface area contributed by atoms with Crippen molar-refractivity contribution in [2.24, 2.45) is 5.92 Å². The topological polar surface area (TPSA) is 47.5 Å². The number of ether oxygens (including phenoxy) is 2. The second kappa shape index (κ2) is 9.02. The summed E-state index contributed by atoms with van der Waals surface area (Å²) in [5.41, 5.74) is 5.21. The van der Waals surface area contributed by atoms with Crippen LogP contribution in [0.15, 0.2) is 12.1 Å². The Kier molecular flexibility index (Phi) is 6.66. The first kappa shape index (κ1) is 21.4. The maximum atomic E-state index is 6.12. The molecule has 3 rings (SSSR count). The molecule has 1 aliphatic carbocycles. The summed E-state index contributed by atoms with van der Waals surface area (Å²) in [5.74, 6) is 2.93. The Hall–Kier alpha value is -2.30. The number of hydrogen-bond donors (Lipinski definition) is 0. The number of methoxy groups -OCH3 is 1. The number of benzene rings is 1. The number of hydrogen-bond acceptors (Lipinski definition) is 5. The molecule has 0 spiro atoms. The summed E-state index contributed by atoms with van der Waals surface area (Å²) in [5, 5.41) is 0. The number of anilines is 1. The Morgan fingerprint density at radius 3 is 2.45 bits per heavy atom. The highest BCUT2D eigenvalue weighted by Crippen LogP contribution is 2.39. The molecule has 29 heavy (non-hydrogen) atoms. The van der Waals surface area contributed by atoms with Crippen LogP contribution in [0.25, 0.3) is 11.4 Å². The Morgan fingerprint density at radius 2 is 1.86 bits per heavy atom. The molecule has 1 aliphatic rings. The molecule has 0 amide bonds. The van der Waals surface area contributed by atoms with E-state index >= 15 is 0 Å². The summed E-state index contributed by atoms with van der Waals surface area (Å²) >= 11 is 0. The van der Waals surface area contributed by atoms with Crippen molar-refractivity contribution >= 4 is 5.69 Å². The highest BCUT2D eigenvalue weighted by atomic mass is 16.5. The van der Waals surface area contributed by atoms with Gasteiger partial charge in [0.05, 0.1) is 24.5 Å². The second-order valence-electron chi connectivity index (χ2n) is 8.50. The average molecular weight is 398 g/mol. The van der Waals surface area contributed by atoms with Crippen molar-refractivity contribution in [3.63, 3.8) is 0 Å². The van der Waals surface area contributed by atoms with E-state index < -0.39 is 0 Å². The quantitative estimate of drug-likeness (QED) is 0.560. The molecule has 0 aliphatic heterocycles. The molecule has 1 aromatic heterocycles. The molecule has 158 valence electrons. The fourth-order valence-corrected chi connectivity index (χ4v) is 3.90. The van der Waals surface area contributed by atoms with Crippen molar-refractivity contribution in [1.82, 2.24) is 9.97 Å². The molecule has 1 fully saturated rings. The molecule has 5 heteroatoms. The smallest absolute Gasteiger partial charge is 0.241 e. The largest absolute Gasteiger partial charge is 0.490 e. The third-order valence-electron chi connectivity index (χ3n) is 5.23. The van der Waals surface area contributed by atoms with E-state index in [2.05, 4.69) is 44.7 Å². The molecular formula is C24H35N3O2. The number of rotatable bonds is 9. The van der Waals surface area contributed by atoms with Gasteiger partial charge < -0.3 is 14.4 Å². The van der Waals surface area contributed by atoms with Crippen LogP contribution >= 0.6 is 0 Å². The standard InChI is InChI=1S/C24H35N3O2/c1-8-11-27(14-19-9-10-19)22-18(6)25-23(26-24(22)28-7)21-17(5)12-16(4)13-20(21)29-15(2)3/h12-13,15,19H,8-11,14H2,1-7H3. The lowest BCUT2D eigenvalue weighted by Gasteiger charge is -2.27.